The highest BCUT2D eigenvalue weighted by Crippen LogP contribution is 2.47. The maximum atomic E-state index is 15.9. The molecule has 4 aromatic carbocycles. The molecular formula is C41H33F4N4O3+. The number of pyridine rings is 1. The van der Waals surface area contributed by atoms with E-state index in [9.17, 15) is 13.2 Å². The van der Waals surface area contributed by atoms with Crippen LogP contribution in [-0.4, -0.2) is 37.5 Å². The highest BCUT2D eigenvalue weighted by molar-refractivity contribution is 5.94. The number of aliphatic imine (C=N–C) groups is 1. The second-order valence-corrected chi connectivity index (χ2v) is 12.4. The van der Waals surface area contributed by atoms with Crippen molar-refractivity contribution in [2.24, 2.45) is 4.99 Å². The number of hydrogen-bond donors (Lipinski definition) is 0. The van der Waals surface area contributed by atoms with Gasteiger partial charge in [-0.05, 0) is 61.5 Å². The van der Waals surface area contributed by atoms with Crippen LogP contribution in [-0.2, 0) is 16.8 Å². The molecule has 0 aliphatic carbocycles. The van der Waals surface area contributed by atoms with Crippen LogP contribution in [0.5, 0.6) is 11.5 Å². The fraction of sp³-hybridized carbons (Fsp3) is 0.195. The molecule has 5 aromatic rings. The number of rotatable bonds is 7. The van der Waals surface area contributed by atoms with Crippen LogP contribution in [0.15, 0.2) is 120 Å². The number of nitrogens with zero attached hydrogens (tertiary/aromatic N) is 4. The van der Waals surface area contributed by atoms with Crippen molar-refractivity contribution < 1.29 is 31.8 Å². The van der Waals surface area contributed by atoms with Gasteiger partial charge in [-0.25, -0.2) is 9.37 Å². The SMILES string of the molecule is COc1ccc([N+](Cc2ccccc2)(C2=N[C@](C)(c3cc(C#Cc4ccc(C#N)nc4)ccc3F)C[C@@H](C(F)(F)F)O2)c2ccc(OC)cc2)cc1. The smallest absolute Gasteiger partial charge is 0.425 e. The Kier molecular flexibility index (Phi) is 10.0. The Labute approximate surface area is 299 Å². The fourth-order valence-corrected chi connectivity index (χ4v) is 6.19. The molecule has 11 heteroatoms. The largest absolute Gasteiger partial charge is 0.497 e. The summed E-state index contributed by atoms with van der Waals surface area (Å²) in [5.41, 5.74) is 1.06. The first-order valence-electron chi connectivity index (χ1n) is 16.2. The third kappa shape index (κ3) is 7.32. The monoisotopic (exact) mass is 705 g/mol. The predicted molar refractivity (Wildman–Crippen MR) is 189 cm³/mol. The topological polar surface area (TPSA) is 76.7 Å². The van der Waals surface area contributed by atoms with Crippen molar-refractivity contribution in [3.8, 4) is 29.4 Å². The lowest BCUT2D eigenvalue weighted by atomic mass is 9.84. The minimum Gasteiger partial charge on any atom is -0.497 e. The summed E-state index contributed by atoms with van der Waals surface area (Å²) >= 11 is 0. The number of methoxy groups -OCH3 is 2. The average Bonchev–Trinajstić information content (AvgIpc) is 3.16. The van der Waals surface area contributed by atoms with Crippen molar-refractivity contribution in [2.45, 2.75) is 37.7 Å². The molecule has 1 aliphatic rings. The van der Waals surface area contributed by atoms with E-state index in [1.54, 1.807) is 54.6 Å². The van der Waals surface area contributed by atoms with Crippen molar-refractivity contribution in [3.63, 3.8) is 0 Å². The summed E-state index contributed by atoms with van der Waals surface area (Å²) < 4.78 is 77.2. The highest BCUT2D eigenvalue weighted by atomic mass is 19.4. The number of halogens is 4. The molecule has 2 heterocycles. The van der Waals surface area contributed by atoms with Gasteiger partial charge in [0.15, 0.2) is 0 Å². The number of benzene rings is 4. The summed E-state index contributed by atoms with van der Waals surface area (Å²) in [4.78, 5) is 8.98. The molecular weight excluding hydrogens is 672 g/mol. The van der Waals surface area contributed by atoms with Crippen LogP contribution in [0, 0.1) is 29.0 Å². The number of quaternary nitrogens is 1. The van der Waals surface area contributed by atoms with Crippen LogP contribution in [0.3, 0.4) is 0 Å². The van der Waals surface area contributed by atoms with Gasteiger partial charge in [0.1, 0.15) is 47.0 Å². The van der Waals surface area contributed by atoms with Crippen LogP contribution in [0.4, 0.5) is 28.9 Å². The number of hydrogen-bond acceptors (Lipinski definition) is 6. The first kappa shape index (κ1) is 35.6. The van der Waals surface area contributed by atoms with Crippen LogP contribution < -0.4 is 14.0 Å². The number of amidine groups is 1. The predicted octanol–water partition coefficient (Wildman–Crippen LogP) is 8.97. The van der Waals surface area contributed by atoms with Crippen LogP contribution in [0.1, 0.15) is 41.3 Å². The van der Waals surface area contributed by atoms with Crippen LogP contribution >= 0.6 is 0 Å². The maximum absolute atomic E-state index is 15.9. The molecule has 52 heavy (non-hydrogen) atoms. The van der Waals surface area contributed by atoms with Gasteiger partial charge in [-0.2, -0.15) is 27.9 Å². The van der Waals surface area contributed by atoms with Gasteiger partial charge in [-0.3, -0.25) is 0 Å². The van der Waals surface area contributed by atoms with E-state index in [-0.39, 0.29) is 23.8 Å². The molecule has 0 fully saturated rings. The second kappa shape index (κ2) is 14.6. The Bertz CT molecular complexity index is 2120. The summed E-state index contributed by atoms with van der Waals surface area (Å²) in [6, 6.07) is 32.0. The lowest BCUT2D eigenvalue weighted by Gasteiger charge is -2.43. The van der Waals surface area contributed by atoms with E-state index < -0.39 is 34.5 Å². The first-order chi connectivity index (χ1) is 25.0. The zero-order valence-corrected chi connectivity index (χ0v) is 28.5. The van der Waals surface area contributed by atoms with Gasteiger partial charge in [-0.1, -0.05) is 42.2 Å². The summed E-state index contributed by atoms with van der Waals surface area (Å²) in [6.45, 7) is 1.57. The molecule has 6 rings (SSSR count). The minimum atomic E-state index is -4.83. The molecule has 7 nitrogen and oxygen atoms in total. The number of nitriles is 1. The van der Waals surface area contributed by atoms with E-state index in [2.05, 4.69) is 16.8 Å². The van der Waals surface area contributed by atoms with E-state index in [0.717, 1.165) is 5.56 Å². The third-order valence-electron chi connectivity index (χ3n) is 8.93. The fourth-order valence-electron chi connectivity index (χ4n) is 6.19. The van der Waals surface area contributed by atoms with Crippen LogP contribution in [0.2, 0.25) is 0 Å². The zero-order chi connectivity index (χ0) is 36.9. The lowest BCUT2D eigenvalue weighted by molar-refractivity contribution is -0.210. The molecule has 0 N–H and O–H groups in total. The molecule has 0 radical (unpaired) electrons. The molecule has 1 aliphatic heterocycles. The quantitative estimate of drug-likeness (QED) is 0.0960. The summed E-state index contributed by atoms with van der Waals surface area (Å²) in [7, 11) is 3.04. The van der Waals surface area contributed by atoms with Gasteiger partial charge in [0.2, 0.25) is 6.10 Å². The minimum absolute atomic E-state index is 0.0745. The van der Waals surface area contributed by atoms with Gasteiger partial charge in [-0.15, -0.1) is 0 Å². The van der Waals surface area contributed by atoms with Gasteiger partial charge in [0.05, 0.1) is 19.8 Å². The Morgan fingerprint density at radius 1 is 0.846 bits per heavy atom. The van der Waals surface area contributed by atoms with Gasteiger partial charge in [0, 0.05) is 59.1 Å². The summed E-state index contributed by atoms with van der Waals surface area (Å²) in [5.74, 6) is 6.20. The van der Waals surface area contributed by atoms with Gasteiger partial charge >= 0.3 is 12.2 Å². The Morgan fingerprint density at radius 3 is 1.98 bits per heavy atom. The number of ether oxygens (including phenoxy) is 3. The molecule has 0 bridgehead atoms. The first-order valence-corrected chi connectivity index (χ1v) is 16.2. The van der Waals surface area contributed by atoms with Crippen molar-refractivity contribution in [2.75, 3.05) is 14.2 Å². The standard InChI is InChI=1S/C41H33F4N4O3/c1-40(36-23-28(12-22-37(36)42)9-10-29-11-13-31(25-46)47-26-29)24-38(41(43,44)45)52-39(48-40)49(27-30-7-5-4-6-8-30,32-14-18-34(50-2)19-15-32)33-16-20-35(51-3)21-17-33/h4-8,11-23,26,38H,24,27H2,1-3H3/q+1/t38-,40-/m0/s1. The average molecular weight is 706 g/mol. The zero-order valence-electron chi connectivity index (χ0n) is 28.5. The van der Waals surface area contributed by atoms with Crippen molar-refractivity contribution in [1.29, 1.82) is 5.26 Å². The van der Waals surface area contributed by atoms with E-state index in [0.29, 0.717) is 34.0 Å². The highest BCUT2D eigenvalue weighted by Gasteiger charge is 2.56. The molecule has 0 saturated heterocycles. The molecule has 0 unspecified atom stereocenters. The van der Waals surface area contributed by atoms with E-state index >= 15 is 4.39 Å². The molecule has 2 atom stereocenters. The third-order valence-corrected chi connectivity index (χ3v) is 8.93. The van der Waals surface area contributed by atoms with E-state index in [4.69, 9.17) is 24.5 Å². The molecule has 0 saturated carbocycles. The van der Waals surface area contributed by atoms with Gasteiger partial charge in [0.25, 0.3) is 0 Å². The van der Waals surface area contributed by atoms with Crippen molar-refractivity contribution in [1.82, 2.24) is 9.47 Å². The van der Waals surface area contributed by atoms with E-state index in [1.165, 1.54) is 51.6 Å². The molecule has 0 spiro atoms. The molecule has 262 valence electrons. The normalized spacial score (nSPS) is 17.1. The maximum Gasteiger partial charge on any atom is 0.425 e. The Balaban J connectivity index is 1.59. The Hall–Kier alpha value is -6.17. The molecule has 0 amide bonds. The number of aromatic nitrogens is 1. The summed E-state index contributed by atoms with van der Waals surface area (Å²) in [5, 5.41) is 9.04. The Morgan fingerprint density at radius 2 is 1.44 bits per heavy atom. The van der Waals surface area contributed by atoms with Crippen molar-refractivity contribution >= 4 is 17.4 Å². The lowest BCUT2D eigenvalue weighted by Crippen LogP contribution is -2.56. The summed E-state index contributed by atoms with van der Waals surface area (Å²) in [6.07, 6.45) is -6.43. The van der Waals surface area contributed by atoms with Gasteiger partial charge < -0.3 is 14.2 Å². The molecule has 1 aromatic heterocycles. The van der Waals surface area contributed by atoms with Crippen molar-refractivity contribution in [3.05, 3.63) is 149 Å². The van der Waals surface area contributed by atoms with Crippen LogP contribution in [0.25, 0.3) is 0 Å². The van der Waals surface area contributed by atoms with E-state index in [1.807, 2.05) is 36.4 Å². The second-order valence-electron chi connectivity index (χ2n) is 12.4. The number of alkyl halides is 3.